The number of H-pyrrole nitrogens is 1. The van der Waals surface area contributed by atoms with Gasteiger partial charge < -0.3 is 19.7 Å². The topological polar surface area (TPSA) is 96.5 Å². The Bertz CT molecular complexity index is 952. The van der Waals surface area contributed by atoms with Gasteiger partial charge >= 0.3 is 6.09 Å². The lowest BCUT2D eigenvalue weighted by Crippen LogP contribution is -2.39. The molecule has 0 fully saturated rings. The molecule has 10 heteroatoms. The van der Waals surface area contributed by atoms with Gasteiger partial charge in [-0.05, 0) is 39.3 Å². The molecule has 2 aromatic rings. The maximum Gasteiger partial charge on any atom is 0.410 e. The minimum atomic E-state index is -0.570. The molecular formula is C19H22Cl2N4O4. The standard InChI is InChI=1S/C19H22Cl2N4O4/c1-19(2,3)29-18(27)25-8-7-10-13(9-25)23-24-16(10)22-17(26)14-11(20)5-6-12(21)15(14)28-4/h5-6H,7-9H2,1-4H3,(H2,22,23,24,26). The van der Waals surface area contributed by atoms with Crippen molar-refractivity contribution in [2.75, 3.05) is 19.0 Å². The van der Waals surface area contributed by atoms with E-state index in [-0.39, 0.29) is 21.4 Å². The predicted octanol–water partition coefficient (Wildman–Crippen LogP) is 4.27. The number of halogens is 2. The number of nitrogens with zero attached hydrogens (tertiary/aromatic N) is 2. The van der Waals surface area contributed by atoms with Crippen LogP contribution in [0.4, 0.5) is 10.6 Å². The van der Waals surface area contributed by atoms with E-state index in [1.165, 1.54) is 13.2 Å². The van der Waals surface area contributed by atoms with Crippen LogP contribution >= 0.6 is 23.2 Å². The van der Waals surface area contributed by atoms with E-state index in [1.807, 2.05) is 20.8 Å². The van der Waals surface area contributed by atoms with Gasteiger partial charge in [-0.3, -0.25) is 9.89 Å². The molecule has 0 spiro atoms. The highest BCUT2D eigenvalue weighted by Gasteiger charge is 2.29. The Hall–Kier alpha value is -2.45. The lowest BCUT2D eigenvalue weighted by Gasteiger charge is -2.29. The maximum absolute atomic E-state index is 12.8. The molecule has 156 valence electrons. The second kappa shape index (κ2) is 8.12. The van der Waals surface area contributed by atoms with Crippen LogP contribution in [-0.4, -0.2) is 46.4 Å². The summed E-state index contributed by atoms with van der Waals surface area (Å²) >= 11 is 12.3. The van der Waals surface area contributed by atoms with Gasteiger partial charge in [-0.2, -0.15) is 5.10 Å². The Balaban J connectivity index is 1.77. The number of aromatic nitrogens is 2. The third kappa shape index (κ3) is 4.59. The van der Waals surface area contributed by atoms with Crippen LogP contribution in [0, 0.1) is 0 Å². The summed E-state index contributed by atoms with van der Waals surface area (Å²) in [6, 6.07) is 3.08. The van der Waals surface area contributed by atoms with Crippen LogP contribution in [0.5, 0.6) is 5.75 Å². The van der Waals surface area contributed by atoms with Crippen molar-refractivity contribution >= 4 is 41.0 Å². The summed E-state index contributed by atoms with van der Waals surface area (Å²) in [6.45, 7) is 6.22. The van der Waals surface area contributed by atoms with E-state index in [4.69, 9.17) is 32.7 Å². The maximum atomic E-state index is 12.8. The molecule has 2 amide bonds. The van der Waals surface area contributed by atoms with Crippen LogP contribution in [0.25, 0.3) is 0 Å². The number of carbonyl (C=O) groups is 2. The van der Waals surface area contributed by atoms with Crippen molar-refractivity contribution < 1.29 is 19.1 Å². The van der Waals surface area contributed by atoms with E-state index in [1.54, 1.807) is 11.0 Å². The number of hydrogen-bond donors (Lipinski definition) is 2. The normalized spacial score (nSPS) is 13.7. The Morgan fingerprint density at radius 2 is 1.93 bits per heavy atom. The third-order valence-corrected chi connectivity index (χ3v) is 4.92. The first-order valence-electron chi connectivity index (χ1n) is 8.98. The van der Waals surface area contributed by atoms with Crippen molar-refractivity contribution in [1.82, 2.24) is 15.1 Å². The van der Waals surface area contributed by atoms with E-state index < -0.39 is 17.6 Å². The molecule has 1 aromatic carbocycles. The second-order valence-corrected chi connectivity index (χ2v) is 8.39. The Labute approximate surface area is 178 Å². The zero-order valence-electron chi connectivity index (χ0n) is 16.6. The minimum Gasteiger partial charge on any atom is -0.494 e. The molecule has 0 saturated heterocycles. The molecule has 1 aromatic heterocycles. The van der Waals surface area contributed by atoms with Crippen LogP contribution < -0.4 is 10.1 Å². The van der Waals surface area contributed by atoms with Gasteiger partial charge in [0.05, 0.1) is 29.4 Å². The molecule has 1 aliphatic rings. The summed E-state index contributed by atoms with van der Waals surface area (Å²) in [7, 11) is 1.41. The van der Waals surface area contributed by atoms with Gasteiger partial charge in [0, 0.05) is 12.1 Å². The van der Waals surface area contributed by atoms with Gasteiger partial charge in [-0.1, -0.05) is 23.2 Å². The molecule has 0 bridgehead atoms. The Morgan fingerprint density at radius 1 is 1.24 bits per heavy atom. The van der Waals surface area contributed by atoms with Crippen LogP contribution in [0.15, 0.2) is 12.1 Å². The molecule has 0 saturated carbocycles. The largest absolute Gasteiger partial charge is 0.494 e. The Morgan fingerprint density at radius 3 is 2.59 bits per heavy atom. The highest BCUT2D eigenvalue weighted by atomic mass is 35.5. The molecule has 29 heavy (non-hydrogen) atoms. The zero-order chi connectivity index (χ0) is 21.3. The number of methoxy groups -OCH3 is 1. The summed E-state index contributed by atoms with van der Waals surface area (Å²) < 4.78 is 10.6. The second-order valence-electron chi connectivity index (χ2n) is 7.57. The monoisotopic (exact) mass is 440 g/mol. The number of aromatic amines is 1. The predicted molar refractivity (Wildman–Crippen MR) is 110 cm³/mol. The van der Waals surface area contributed by atoms with Gasteiger partial charge in [-0.25, -0.2) is 4.79 Å². The van der Waals surface area contributed by atoms with Crippen LogP contribution in [0.2, 0.25) is 10.0 Å². The van der Waals surface area contributed by atoms with Crippen molar-refractivity contribution in [3.05, 3.63) is 39.0 Å². The number of hydrogen-bond acceptors (Lipinski definition) is 5. The zero-order valence-corrected chi connectivity index (χ0v) is 18.1. The van der Waals surface area contributed by atoms with Crippen molar-refractivity contribution in [1.29, 1.82) is 0 Å². The van der Waals surface area contributed by atoms with Gasteiger partial charge in [-0.15, -0.1) is 0 Å². The molecular weight excluding hydrogens is 419 g/mol. The fourth-order valence-electron chi connectivity index (χ4n) is 3.02. The highest BCUT2D eigenvalue weighted by molar-refractivity contribution is 6.37. The number of amides is 2. The Kier molecular flexibility index (Phi) is 5.95. The molecule has 2 N–H and O–H groups in total. The minimum absolute atomic E-state index is 0.129. The van der Waals surface area contributed by atoms with E-state index >= 15 is 0 Å². The lowest BCUT2D eigenvalue weighted by atomic mass is 10.1. The fraction of sp³-hybridized carbons (Fsp3) is 0.421. The number of ether oxygens (including phenoxy) is 2. The van der Waals surface area contributed by atoms with E-state index in [0.717, 1.165) is 11.3 Å². The summed E-state index contributed by atoms with van der Waals surface area (Å²) in [5.74, 6) is 0.0855. The number of anilines is 1. The fourth-order valence-corrected chi connectivity index (χ4v) is 3.49. The molecule has 1 aliphatic heterocycles. The summed E-state index contributed by atoms with van der Waals surface area (Å²) in [4.78, 5) is 26.7. The first-order valence-corrected chi connectivity index (χ1v) is 9.73. The lowest BCUT2D eigenvalue weighted by molar-refractivity contribution is 0.0221. The first kappa shape index (κ1) is 21.3. The molecule has 0 atom stereocenters. The number of benzene rings is 1. The van der Waals surface area contributed by atoms with Crippen LogP contribution in [0.1, 0.15) is 42.4 Å². The van der Waals surface area contributed by atoms with Crippen molar-refractivity contribution in [2.24, 2.45) is 0 Å². The van der Waals surface area contributed by atoms with Crippen molar-refractivity contribution in [3.8, 4) is 5.75 Å². The number of nitrogens with one attached hydrogen (secondary N) is 2. The summed E-state index contributed by atoms with van der Waals surface area (Å²) in [5, 5.41) is 10.3. The average molecular weight is 441 g/mol. The molecule has 3 rings (SSSR count). The van der Waals surface area contributed by atoms with Gasteiger partial charge in [0.1, 0.15) is 11.2 Å². The molecule has 0 radical (unpaired) electrons. The average Bonchev–Trinajstić information content (AvgIpc) is 3.03. The quantitative estimate of drug-likeness (QED) is 0.742. The molecule has 2 heterocycles. The smallest absolute Gasteiger partial charge is 0.410 e. The number of fused-ring (bicyclic) bond motifs is 1. The van der Waals surface area contributed by atoms with E-state index in [0.29, 0.717) is 25.3 Å². The molecule has 0 unspecified atom stereocenters. The van der Waals surface area contributed by atoms with Gasteiger partial charge in [0.15, 0.2) is 11.6 Å². The van der Waals surface area contributed by atoms with Gasteiger partial charge in [0.2, 0.25) is 0 Å². The third-order valence-electron chi connectivity index (χ3n) is 4.31. The van der Waals surface area contributed by atoms with Crippen LogP contribution in [-0.2, 0) is 17.7 Å². The van der Waals surface area contributed by atoms with Crippen molar-refractivity contribution in [2.45, 2.75) is 39.3 Å². The number of rotatable bonds is 3. The van der Waals surface area contributed by atoms with E-state index in [2.05, 4.69) is 15.5 Å². The molecule has 0 aliphatic carbocycles. The summed E-state index contributed by atoms with van der Waals surface area (Å²) in [6.07, 6.45) is 0.125. The van der Waals surface area contributed by atoms with Gasteiger partial charge in [0.25, 0.3) is 5.91 Å². The van der Waals surface area contributed by atoms with Crippen LogP contribution in [0.3, 0.4) is 0 Å². The summed E-state index contributed by atoms with van der Waals surface area (Å²) in [5.41, 5.74) is 1.13. The highest BCUT2D eigenvalue weighted by Crippen LogP contribution is 2.35. The van der Waals surface area contributed by atoms with Crippen molar-refractivity contribution in [3.63, 3.8) is 0 Å². The number of carbonyl (C=O) groups excluding carboxylic acids is 2. The van der Waals surface area contributed by atoms with E-state index in [9.17, 15) is 9.59 Å². The first-order chi connectivity index (χ1) is 13.6. The SMILES string of the molecule is COc1c(Cl)ccc(Cl)c1C(=O)Nc1n[nH]c2c1CCN(C(=O)OC(C)(C)C)C2. The molecule has 8 nitrogen and oxygen atoms in total.